The van der Waals surface area contributed by atoms with Crippen molar-refractivity contribution in [2.75, 3.05) is 13.7 Å². The van der Waals surface area contributed by atoms with Gasteiger partial charge in [-0.05, 0) is 43.2 Å². The fourth-order valence-electron chi connectivity index (χ4n) is 2.65. The standard InChI is InChI=1S/C21H25FN2O3/c1-16(21(26)23-2)24(15-17-10-12-18(22)13-11-17)20(25)9-6-14-27-19-7-4-3-5-8-19/h3-5,7-8,10-13,16H,6,9,14-15H2,1-2H3,(H,23,26). The topological polar surface area (TPSA) is 58.6 Å². The number of carbonyl (C=O) groups excluding carboxylic acids is 2. The molecule has 0 aliphatic carbocycles. The SMILES string of the molecule is CNC(=O)C(C)N(Cc1ccc(F)cc1)C(=O)CCCOc1ccccc1. The van der Waals surface area contributed by atoms with Gasteiger partial charge in [0.25, 0.3) is 0 Å². The van der Waals surface area contributed by atoms with Crippen LogP contribution in [0.2, 0.25) is 0 Å². The Hall–Kier alpha value is -2.89. The molecule has 27 heavy (non-hydrogen) atoms. The summed E-state index contributed by atoms with van der Waals surface area (Å²) in [5.74, 6) is 0.0268. The molecule has 2 rings (SSSR count). The van der Waals surface area contributed by atoms with Crippen LogP contribution in [0.25, 0.3) is 0 Å². The molecular formula is C21H25FN2O3. The monoisotopic (exact) mass is 372 g/mol. The van der Waals surface area contributed by atoms with Gasteiger partial charge in [0, 0.05) is 20.0 Å². The average molecular weight is 372 g/mol. The van der Waals surface area contributed by atoms with Crippen LogP contribution >= 0.6 is 0 Å². The third-order valence-corrected chi connectivity index (χ3v) is 4.23. The Morgan fingerprint density at radius 3 is 2.41 bits per heavy atom. The second-order valence-electron chi connectivity index (χ2n) is 6.20. The Kier molecular flexibility index (Phi) is 7.79. The molecule has 0 fully saturated rings. The largest absolute Gasteiger partial charge is 0.494 e. The molecule has 144 valence electrons. The Bertz CT molecular complexity index is 735. The molecule has 0 aromatic heterocycles. The number of rotatable bonds is 9. The maximum absolute atomic E-state index is 13.1. The zero-order valence-electron chi connectivity index (χ0n) is 15.7. The maximum Gasteiger partial charge on any atom is 0.242 e. The van der Waals surface area contributed by atoms with E-state index >= 15 is 0 Å². The van der Waals surface area contributed by atoms with Crippen molar-refractivity contribution in [1.82, 2.24) is 10.2 Å². The van der Waals surface area contributed by atoms with Gasteiger partial charge in [0.1, 0.15) is 17.6 Å². The van der Waals surface area contributed by atoms with Crippen molar-refractivity contribution in [2.24, 2.45) is 0 Å². The first kappa shape index (κ1) is 20.4. The molecule has 0 saturated heterocycles. The Balaban J connectivity index is 1.95. The van der Waals surface area contributed by atoms with Gasteiger partial charge in [0.05, 0.1) is 6.61 Å². The Morgan fingerprint density at radius 1 is 1.11 bits per heavy atom. The molecule has 2 aromatic carbocycles. The van der Waals surface area contributed by atoms with E-state index in [1.54, 1.807) is 19.1 Å². The van der Waals surface area contributed by atoms with Crippen molar-refractivity contribution in [2.45, 2.75) is 32.4 Å². The third-order valence-electron chi connectivity index (χ3n) is 4.23. The van der Waals surface area contributed by atoms with Crippen LogP contribution in [0.15, 0.2) is 54.6 Å². The minimum Gasteiger partial charge on any atom is -0.494 e. The molecular weight excluding hydrogens is 347 g/mol. The zero-order valence-corrected chi connectivity index (χ0v) is 15.7. The maximum atomic E-state index is 13.1. The lowest BCUT2D eigenvalue weighted by molar-refractivity contribution is -0.140. The van der Waals surface area contributed by atoms with Crippen LogP contribution in [0.5, 0.6) is 5.75 Å². The number of amides is 2. The van der Waals surface area contributed by atoms with E-state index in [-0.39, 0.29) is 30.6 Å². The van der Waals surface area contributed by atoms with Gasteiger partial charge in [-0.3, -0.25) is 9.59 Å². The quantitative estimate of drug-likeness (QED) is 0.688. The molecule has 2 amide bonds. The summed E-state index contributed by atoms with van der Waals surface area (Å²) in [6.45, 7) is 2.34. The van der Waals surface area contributed by atoms with Crippen molar-refractivity contribution in [3.05, 3.63) is 66.0 Å². The summed E-state index contributed by atoms with van der Waals surface area (Å²) in [5.41, 5.74) is 0.765. The summed E-state index contributed by atoms with van der Waals surface area (Å²) in [6.07, 6.45) is 0.795. The van der Waals surface area contributed by atoms with Gasteiger partial charge >= 0.3 is 0 Å². The summed E-state index contributed by atoms with van der Waals surface area (Å²) in [7, 11) is 1.53. The number of halogens is 1. The van der Waals surface area contributed by atoms with Gasteiger partial charge in [-0.1, -0.05) is 30.3 Å². The van der Waals surface area contributed by atoms with Gasteiger partial charge in [-0.2, -0.15) is 0 Å². The molecule has 5 nitrogen and oxygen atoms in total. The van der Waals surface area contributed by atoms with Crippen molar-refractivity contribution in [3.63, 3.8) is 0 Å². The lowest BCUT2D eigenvalue weighted by Crippen LogP contribution is -2.46. The van der Waals surface area contributed by atoms with Gasteiger partial charge in [-0.15, -0.1) is 0 Å². The predicted octanol–water partition coefficient (Wildman–Crippen LogP) is 3.15. The van der Waals surface area contributed by atoms with Crippen LogP contribution in [-0.2, 0) is 16.1 Å². The van der Waals surface area contributed by atoms with Crippen LogP contribution < -0.4 is 10.1 Å². The van der Waals surface area contributed by atoms with Crippen molar-refractivity contribution in [3.8, 4) is 5.75 Å². The van der Waals surface area contributed by atoms with E-state index in [2.05, 4.69) is 5.32 Å². The summed E-state index contributed by atoms with van der Waals surface area (Å²) in [6, 6.07) is 14.7. The second-order valence-corrected chi connectivity index (χ2v) is 6.20. The van der Waals surface area contributed by atoms with Crippen molar-refractivity contribution < 1.29 is 18.7 Å². The first-order valence-electron chi connectivity index (χ1n) is 8.94. The first-order valence-corrected chi connectivity index (χ1v) is 8.94. The molecule has 0 bridgehead atoms. The number of hydrogen-bond donors (Lipinski definition) is 1. The molecule has 1 unspecified atom stereocenters. The summed E-state index contributed by atoms with van der Waals surface area (Å²) < 4.78 is 18.7. The summed E-state index contributed by atoms with van der Waals surface area (Å²) in [5, 5.41) is 2.57. The number of carbonyl (C=O) groups is 2. The van der Waals surface area contributed by atoms with E-state index in [4.69, 9.17) is 4.74 Å². The molecule has 0 aliphatic heterocycles. The summed E-state index contributed by atoms with van der Waals surface area (Å²) in [4.78, 5) is 26.2. The fourth-order valence-corrected chi connectivity index (χ4v) is 2.65. The average Bonchev–Trinajstić information content (AvgIpc) is 2.70. The van der Waals surface area contributed by atoms with E-state index in [9.17, 15) is 14.0 Å². The molecule has 0 spiro atoms. The van der Waals surface area contributed by atoms with Crippen LogP contribution in [-0.4, -0.2) is 36.4 Å². The number of benzene rings is 2. The number of ether oxygens (including phenoxy) is 1. The van der Waals surface area contributed by atoms with E-state index in [0.717, 1.165) is 11.3 Å². The fraction of sp³-hybridized carbons (Fsp3) is 0.333. The smallest absolute Gasteiger partial charge is 0.242 e. The number of para-hydroxylation sites is 1. The highest BCUT2D eigenvalue weighted by atomic mass is 19.1. The van der Waals surface area contributed by atoms with Crippen LogP contribution in [0.1, 0.15) is 25.3 Å². The molecule has 6 heteroatoms. The van der Waals surface area contributed by atoms with E-state index in [0.29, 0.717) is 13.0 Å². The number of likely N-dealkylation sites (N-methyl/N-ethyl adjacent to an activating group) is 1. The minimum atomic E-state index is -0.623. The van der Waals surface area contributed by atoms with E-state index in [1.807, 2.05) is 30.3 Å². The highest BCUT2D eigenvalue weighted by Gasteiger charge is 2.25. The predicted molar refractivity (Wildman–Crippen MR) is 102 cm³/mol. The Labute approximate surface area is 159 Å². The van der Waals surface area contributed by atoms with Gasteiger partial charge in [0.15, 0.2) is 0 Å². The number of hydrogen-bond acceptors (Lipinski definition) is 3. The van der Waals surface area contributed by atoms with Crippen LogP contribution in [0.4, 0.5) is 4.39 Å². The highest BCUT2D eigenvalue weighted by molar-refractivity contribution is 5.87. The van der Waals surface area contributed by atoms with Crippen molar-refractivity contribution in [1.29, 1.82) is 0 Å². The molecule has 1 N–H and O–H groups in total. The molecule has 2 aromatic rings. The van der Waals surface area contributed by atoms with Gasteiger partial charge in [-0.25, -0.2) is 4.39 Å². The minimum absolute atomic E-state index is 0.146. The number of nitrogens with zero attached hydrogens (tertiary/aromatic N) is 1. The highest BCUT2D eigenvalue weighted by Crippen LogP contribution is 2.14. The lowest BCUT2D eigenvalue weighted by atomic mass is 10.1. The van der Waals surface area contributed by atoms with Crippen LogP contribution in [0.3, 0.4) is 0 Å². The van der Waals surface area contributed by atoms with E-state index in [1.165, 1.54) is 24.1 Å². The lowest BCUT2D eigenvalue weighted by Gasteiger charge is -2.28. The third kappa shape index (κ3) is 6.40. The first-order chi connectivity index (χ1) is 13.0. The molecule has 0 heterocycles. The van der Waals surface area contributed by atoms with Crippen LogP contribution in [0, 0.1) is 5.82 Å². The molecule has 0 radical (unpaired) electrons. The van der Waals surface area contributed by atoms with E-state index < -0.39 is 6.04 Å². The summed E-state index contributed by atoms with van der Waals surface area (Å²) >= 11 is 0. The zero-order chi connectivity index (χ0) is 19.6. The Morgan fingerprint density at radius 2 is 1.78 bits per heavy atom. The number of nitrogens with one attached hydrogen (secondary N) is 1. The molecule has 0 aliphatic rings. The van der Waals surface area contributed by atoms with Crippen molar-refractivity contribution >= 4 is 11.8 Å². The molecule has 0 saturated carbocycles. The normalized spacial score (nSPS) is 11.5. The van der Waals surface area contributed by atoms with Gasteiger partial charge in [0.2, 0.25) is 11.8 Å². The molecule has 1 atom stereocenters. The second kappa shape index (κ2) is 10.3. The van der Waals surface area contributed by atoms with Gasteiger partial charge < -0.3 is 15.0 Å².